The summed E-state index contributed by atoms with van der Waals surface area (Å²) in [5, 5.41) is 0. The van der Waals surface area contributed by atoms with Gasteiger partial charge in [-0.2, -0.15) is 0 Å². The number of carbonyl (C=O) groups excluding carboxylic acids is 1. The number of benzene rings is 1. The minimum Gasteiger partial charge on any atom is -0.496 e. The maximum atomic E-state index is 13.3. The molecule has 0 radical (unpaired) electrons. The molecule has 1 fully saturated rings. The summed E-state index contributed by atoms with van der Waals surface area (Å²) in [6.07, 6.45) is 2.73. The normalized spacial score (nSPS) is 16.8. The van der Waals surface area contributed by atoms with Crippen molar-refractivity contribution >= 4 is 5.91 Å². The first-order valence-electron chi connectivity index (χ1n) is 11.3. The summed E-state index contributed by atoms with van der Waals surface area (Å²) < 4.78 is 7.29. The molecule has 0 saturated carbocycles. The lowest BCUT2D eigenvalue weighted by Crippen LogP contribution is -2.33. The van der Waals surface area contributed by atoms with Crippen molar-refractivity contribution in [2.24, 2.45) is 0 Å². The third-order valence-corrected chi connectivity index (χ3v) is 6.86. The Kier molecular flexibility index (Phi) is 6.19. The molecular formula is C25H33N3O3. The van der Waals surface area contributed by atoms with Gasteiger partial charge < -0.3 is 14.2 Å². The van der Waals surface area contributed by atoms with Gasteiger partial charge in [-0.15, -0.1) is 0 Å². The van der Waals surface area contributed by atoms with Gasteiger partial charge in [0.05, 0.1) is 7.11 Å². The van der Waals surface area contributed by atoms with Gasteiger partial charge in [0, 0.05) is 57.4 Å². The second-order valence-corrected chi connectivity index (χ2v) is 8.91. The number of aryl methyl sites for hydroxylation is 3. The Balaban J connectivity index is 1.63. The van der Waals surface area contributed by atoms with E-state index in [0.29, 0.717) is 24.3 Å². The number of pyridine rings is 1. The van der Waals surface area contributed by atoms with Crippen molar-refractivity contribution in [2.45, 2.75) is 53.1 Å². The molecular weight excluding hydrogens is 390 g/mol. The van der Waals surface area contributed by atoms with Gasteiger partial charge in [-0.3, -0.25) is 14.5 Å². The molecule has 0 aliphatic carbocycles. The highest BCUT2D eigenvalue weighted by Crippen LogP contribution is 2.26. The van der Waals surface area contributed by atoms with Crippen LogP contribution in [0.4, 0.5) is 0 Å². The van der Waals surface area contributed by atoms with Gasteiger partial charge in [0.15, 0.2) is 0 Å². The highest BCUT2D eigenvalue weighted by Gasteiger charge is 2.29. The molecule has 6 nitrogen and oxygen atoms in total. The molecule has 1 aromatic heterocycles. The van der Waals surface area contributed by atoms with E-state index in [1.165, 1.54) is 35.4 Å². The molecule has 1 aromatic carbocycles. The average Bonchev–Trinajstić information content (AvgIpc) is 3.20. The van der Waals surface area contributed by atoms with Crippen LogP contribution in [-0.4, -0.2) is 53.6 Å². The number of nitrogens with zero attached hydrogens (tertiary/aromatic N) is 3. The summed E-state index contributed by atoms with van der Waals surface area (Å²) in [6, 6.07) is 6.01. The molecule has 3 heterocycles. The zero-order valence-corrected chi connectivity index (χ0v) is 19.2. The van der Waals surface area contributed by atoms with Crippen molar-refractivity contribution in [2.75, 3.05) is 33.3 Å². The largest absolute Gasteiger partial charge is 0.496 e. The van der Waals surface area contributed by atoms with Crippen LogP contribution in [0.15, 0.2) is 23.0 Å². The number of ether oxygens (including phenoxy) is 1. The van der Waals surface area contributed by atoms with Crippen LogP contribution in [-0.2, 0) is 19.5 Å². The monoisotopic (exact) mass is 423 g/mol. The predicted molar refractivity (Wildman–Crippen MR) is 122 cm³/mol. The van der Waals surface area contributed by atoms with Gasteiger partial charge in [-0.05, 0) is 55.9 Å². The molecule has 2 aliphatic heterocycles. The van der Waals surface area contributed by atoms with Crippen molar-refractivity contribution in [1.82, 2.24) is 14.4 Å². The van der Waals surface area contributed by atoms with E-state index in [0.717, 1.165) is 51.3 Å². The zero-order chi connectivity index (χ0) is 22.1. The SMILES string of the molecule is COc1cc(=O)n2c(c1C(=O)N1CCCC1)CCN(Cc1cc(C)c(C)cc1C)CC2. The van der Waals surface area contributed by atoms with Crippen molar-refractivity contribution in [1.29, 1.82) is 0 Å². The summed E-state index contributed by atoms with van der Waals surface area (Å²) >= 11 is 0. The number of fused-ring (bicyclic) bond motifs is 1. The Morgan fingerprint density at radius 3 is 2.35 bits per heavy atom. The topological polar surface area (TPSA) is 54.8 Å². The lowest BCUT2D eigenvalue weighted by molar-refractivity contribution is 0.0787. The molecule has 1 amide bonds. The molecule has 0 bridgehead atoms. The van der Waals surface area contributed by atoms with E-state index in [9.17, 15) is 9.59 Å². The maximum Gasteiger partial charge on any atom is 0.259 e. The molecule has 2 aromatic rings. The molecule has 1 saturated heterocycles. The number of carbonyl (C=O) groups is 1. The van der Waals surface area contributed by atoms with Gasteiger partial charge in [0.1, 0.15) is 11.3 Å². The first-order chi connectivity index (χ1) is 14.9. The Labute approximate surface area is 184 Å². The van der Waals surface area contributed by atoms with Crippen LogP contribution in [0.5, 0.6) is 5.75 Å². The van der Waals surface area contributed by atoms with Crippen LogP contribution in [0.1, 0.15) is 51.1 Å². The van der Waals surface area contributed by atoms with Gasteiger partial charge in [-0.25, -0.2) is 0 Å². The van der Waals surface area contributed by atoms with E-state index in [2.05, 4.69) is 37.8 Å². The molecule has 2 aliphatic rings. The Morgan fingerprint density at radius 2 is 1.65 bits per heavy atom. The summed E-state index contributed by atoms with van der Waals surface area (Å²) in [6.45, 7) is 11.0. The maximum absolute atomic E-state index is 13.3. The predicted octanol–water partition coefficient (Wildman–Crippen LogP) is 3.08. The van der Waals surface area contributed by atoms with Gasteiger partial charge in [0.25, 0.3) is 11.5 Å². The van der Waals surface area contributed by atoms with Gasteiger partial charge in [0.2, 0.25) is 0 Å². The zero-order valence-electron chi connectivity index (χ0n) is 19.2. The van der Waals surface area contributed by atoms with Crippen LogP contribution < -0.4 is 10.3 Å². The fourth-order valence-electron chi connectivity index (χ4n) is 4.85. The van der Waals surface area contributed by atoms with Gasteiger partial charge >= 0.3 is 0 Å². The summed E-state index contributed by atoms with van der Waals surface area (Å²) in [4.78, 5) is 30.4. The molecule has 0 N–H and O–H groups in total. The van der Waals surface area contributed by atoms with Gasteiger partial charge in [-0.1, -0.05) is 12.1 Å². The average molecular weight is 424 g/mol. The van der Waals surface area contributed by atoms with E-state index in [4.69, 9.17) is 4.74 Å². The molecule has 166 valence electrons. The van der Waals surface area contributed by atoms with Crippen molar-refractivity contribution in [3.8, 4) is 5.75 Å². The smallest absolute Gasteiger partial charge is 0.259 e. The number of hydrogen-bond donors (Lipinski definition) is 0. The second kappa shape index (κ2) is 8.87. The Morgan fingerprint density at radius 1 is 0.935 bits per heavy atom. The number of methoxy groups -OCH3 is 1. The second-order valence-electron chi connectivity index (χ2n) is 8.91. The molecule has 6 heteroatoms. The first kappa shape index (κ1) is 21.6. The van der Waals surface area contributed by atoms with Crippen LogP contribution in [0.2, 0.25) is 0 Å². The first-order valence-corrected chi connectivity index (χ1v) is 11.3. The Bertz CT molecular complexity index is 1050. The van der Waals surface area contributed by atoms with Crippen LogP contribution in [0, 0.1) is 20.8 Å². The van der Waals surface area contributed by atoms with E-state index in [1.807, 2.05) is 4.90 Å². The summed E-state index contributed by atoms with van der Waals surface area (Å²) in [7, 11) is 1.54. The third-order valence-electron chi connectivity index (χ3n) is 6.86. The van der Waals surface area contributed by atoms with Crippen molar-refractivity contribution in [3.05, 3.63) is 62.1 Å². The number of amides is 1. The highest BCUT2D eigenvalue weighted by molar-refractivity contribution is 5.98. The van der Waals surface area contributed by atoms with E-state index in [1.54, 1.807) is 4.57 Å². The standard InChI is InChI=1S/C25H33N3O3/c1-17-13-19(3)20(14-18(17)2)16-26-10-7-21-24(25(30)27-8-5-6-9-27)22(31-4)15-23(29)28(21)12-11-26/h13-15H,5-12,16H2,1-4H3. The number of likely N-dealkylation sites (tertiary alicyclic amines) is 1. The molecule has 0 unspecified atom stereocenters. The molecule has 31 heavy (non-hydrogen) atoms. The third kappa shape index (κ3) is 4.26. The molecule has 0 atom stereocenters. The fraction of sp³-hybridized carbons (Fsp3) is 0.520. The lowest BCUT2D eigenvalue weighted by Gasteiger charge is -2.22. The van der Waals surface area contributed by atoms with Crippen LogP contribution in [0.25, 0.3) is 0 Å². The molecule has 0 spiro atoms. The highest BCUT2D eigenvalue weighted by atomic mass is 16.5. The number of rotatable bonds is 4. The van der Waals surface area contributed by atoms with E-state index < -0.39 is 0 Å². The summed E-state index contributed by atoms with van der Waals surface area (Å²) in [5.74, 6) is 0.406. The molecule has 4 rings (SSSR count). The van der Waals surface area contributed by atoms with E-state index >= 15 is 0 Å². The summed E-state index contributed by atoms with van der Waals surface area (Å²) in [5.41, 5.74) is 6.55. The van der Waals surface area contributed by atoms with Crippen LogP contribution in [0.3, 0.4) is 0 Å². The quantitative estimate of drug-likeness (QED) is 0.758. The minimum absolute atomic E-state index is 0.00319. The Hall–Kier alpha value is -2.60. The van der Waals surface area contributed by atoms with E-state index in [-0.39, 0.29) is 11.5 Å². The number of aromatic nitrogens is 1. The lowest BCUT2D eigenvalue weighted by atomic mass is 10.0. The number of hydrogen-bond acceptors (Lipinski definition) is 4. The van der Waals surface area contributed by atoms with Crippen molar-refractivity contribution in [3.63, 3.8) is 0 Å². The van der Waals surface area contributed by atoms with Crippen molar-refractivity contribution < 1.29 is 9.53 Å². The minimum atomic E-state index is -0.0889. The fourth-order valence-corrected chi connectivity index (χ4v) is 4.85. The van der Waals surface area contributed by atoms with Crippen LogP contribution >= 0.6 is 0 Å².